The molecule has 1 aliphatic rings. The van der Waals surface area contributed by atoms with Crippen molar-refractivity contribution < 1.29 is 27.9 Å². The Morgan fingerprint density at radius 3 is 2.48 bits per heavy atom. The number of fused-ring (bicyclic) bond motifs is 1. The van der Waals surface area contributed by atoms with Crippen LogP contribution in [0.15, 0.2) is 0 Å². The van der Waals surface area contributed by atoms with Gasteiger partial charge in [0, 0.05) is 23.9 Å². The summed E-state index contributed by atoms with van der Waals surface area (Å²) in [5.74, 6) is -2.80. The molecule has 0 aromatic carbocycles. The number of hydrogen-bond donors (Lipinski definition) is 1. The normalized spacial score (nSPS) is 14.6. The Hall–Kier alpha value is -2.72. The number of carboxylic acids is 1. The molecule has 1 fully saturated rings. The van der Waals surface area contributed by atoms with E-state index in [4.69, 9.17) is 5.11 Å². The summed E-state index contributed by atoms with van der Waals surface area (Å²) >= 11 is 0. The molecule has 146 valence electrons. The average Bonchev–Trinajstić information content (AvgIpc) is 3.29. The molecule has 2 heterocycles. The van der Waals surface area contributed by atoms with E-state index in [0.29, 0.717) is 17.0 Å². The second-order valence-corrected chi connectivity index (χ2v) is 6.55. The lowest BCUT2D eigenvalue weighted by Crippen LogP contribution is -2.37. The Morgan fingerprint density at radius 1 is 1.26 bits per heavy atom. The number of rotatable bonds is 6. The zero-order valence-corrected chi connectivity index (χ0v) is 14.7. The molecule has 1 amide bonds. The number of hydrogen-bond acceptors (Lipinski definition) is 5. The molecule has 2 aromatic heterocycles. The van der Waals surface area contributed by atoms with Gasteiger partial charge in [-0.05, 0) is 38.7 Å². The highest BCUT2D eigenvalue weighted by Crippen LogP contribution is 2.29. The number of carboxylic acid groups (broad SMARTS) is 1. The molecule has 0 atom stereocenters. The van der Waals surface area contributed by atoms with Gasteiger partial charge in [0.05, 0.1) is 0 Å². The van der Waals surface area contributed by atoms with Crippen LogP contribution in [0.3, 0.4) is 0 Å². The van der Waals surface area contributed by atoms with Crippen LogP contribution >= 0.6 is 0 Å². The van der Waals surface area contributed by atoms with Gasteiger partial charge in [-0.15, -0.1) is 5.10 Å². The predicted molar refractivity (Wildman–Crippen MR) is 85.9 cm³/mol. The van der Waals surface area contributed by atoms with E-state index >= 15 is 0 Å². The van der Waals surface area contributed by atoms with Crippen LogP contribution in [0.1, 0.15) is 42.0 Å². The predicted octanol–water partition coefficient (Wildman–Crippen LogP) is 1.77. The molecule has 1 aliphatic carbocycles. The molecule has 27 heavy (non-hydrogen) atoms. The lowest BCUT2D eigenvalue weighted by Gasteiger charge is -2.20. The van der Waals surface area contributed by atoms with Gasteiger partial charge in [-0.25, -0.2) is 9.50 Å². The lowest BCUT2D eigenvalue weighted by atomic mass is 10.1. The zero-order chi connectivity index (χ0) is 19.9. The maximum absolute atomic E-state index is 12.8. The SMILES string of the molecule is Cc1nc2nc(C(F)(F)F)nn2c(C)c1CCC(=O)N(CC(=O)O)C1CC1. The molecule has 0 spiro atoms. The van der Waals surface area contributed by atoms with Gasteiger partial charge in [0.25, 0.3) is 11.6 Å². The van der Waals surface area contributed by atoms with Crippen molar-refractivity contribution in [2.24, 2.45) is 0 Å². The fourth-order valence-electron chi connectivity index (χ4n) is 3.02. The molecule has 0 radical (unpaired) electrons. The third-order valence-corrected chi connectivity index (χ3v) is 4.50. The summed E-state index contributed by atoms with van der Waals surface area (Å²) in [4.78, 5) is 32.2. The first-order chi connectivity index (χ1) is 12.6. The first-order valence-corrected chi connectivity index (χ1v) is 8.39. The Bertz CT molecular complexity index is 905. The number of aromatic nitrogens is 4. The number of carbonyl (C=O) groups is 2. The first kappa shape index (κ1) is 19.1. The van der Waals surface area contributed by atoms with E-state index in [1.54, 1.807) is 13.8 Å². The van der Waals surface area contributed by atoms with Crippen molar-refractivity contribution in [3.05, 3.63) is 22.8 Å². The summed E-state index contributed by atoms with van der Waals surface area (Å²) in [5, 5.41) is 12.4. The van der Waals surface area contributed by atoms with E-state index in [-0.39, 0.29) is 37.1 Å². The summed E-state index contributed by atoms with van der Waals surface area (Å²) in [5.41, 5.74) is 1.48. The Kier molecular flexibility index (Phi) is 4.79. The van der Waals surface area contributed by atoms with E-state index in [0.717, 1.165) is 17.4 Å². The number of carbonyl (C=O) groups excluding carboxylic acids is 1. The van der Waals surface area contributed by atoms with Crippen molar-refractivity contribution in [3.63, 3.8) is 0 Å². The third kappa shape index (κ3) is 4.01. The molecule has 3 rings (SSSR count). The molecule has 0 bridgehead atoms. The highest BCUT2D eigenvalue weighted by atomic mass is 19.4. The first-order valence-electron chi connectivity index (χ1n) is 8.39. The third-order valence-electron chi connectivity index (χ3n) is 4.50. The summed E-state index contributed by atoms with van der Waals surface area (Å²) in [7, 11) is 0. The zero-order valence-electron chi connectivity index (χ0n) is 14.7. The van der Waals surface area contributed by atoms with Crippen molar-refractivity contribution >= 4 is 17.7 Å². The van der Waals surface area contributed by atoms with Gasteiger partial charge in [-0.2, -0.15) is 18.2 Å². The van der Waals surface area contributed by atoms with Gasteiger partial charge in [0.1, 0.15) is 6.54 Å². The highest BCUT2D eigenvalue weighted by molar-refractivity contribution is 5.82. The molecule has 8 nitrogen and oxygen atoms in total. The molecule has 0 unspecified atom stereocenters. The number of aliphatic carboxylic acids is 1. The van der Waals surface area contributed by atoms with Crippen LogP contribution < -0.4 is 0 Å². The van der Waals surface area contributed by atoms with Crippen molar-refractivity contribution in [1.29, 1.82) is 0 Å². The van der Waals surface area contributed by atoms with Gasteiger partial charge in [0.15, 0.2) is 0 Å². The largest absolute Gasteiger partial charge is 0.480 e. The molecule has 2 aromatic rings. The van der Waals surface area contributed by atoms with E-state index in [2.05, 4.69) is 15.1 Å². The number of alkyl halides is 3. The maximum Gasteiger partial charge on any atom is 0.453 e. The second kappa shape index (κ2) is 6.78. The molecule has 1 N–H and O–H groups in total. The monoisotopic (exact) mass is 385 g/mol. The minimum Gasteiger partial charge on any atom is -0.480 e. The van der Waals surface area contributed by atoms with Crippen molar-refractivity contribution in [2.45, 2.75) is 51.7 Å². The van der Waals surface area contributed by atoms with Gasteiger partial charge < -0.3 is 10.0 Å². The molecular weight excluding hydrogens is 367 g/mol. The van der Waals surface area contributed by atoms with E-state index in [9.17, 15) is 22.8 Å². The number of halogens is 3. The van der Waals surface area contributed by atoms with Gasteiger partial charge in [0.2, 0.25) is 5.91 Å². The van der Waals surface area contributed by atoms with Crippen LogP contribution in [0.5, 0.6) is 0 Å². The van der Waals surface area contributed by atoms with Crippen LogP contribution in [0.4, 0.5) is 13.2 Å². The van der Waals surface area contributed by atoms with E-state index in [1.165, 1.54) is 4.90 Å². The Morgan fingerprint density at radius 2 is 1.93 bits per heavy atom. The van der Waals surface area contributed by atoms with Crippen molar-refractivity contribution in [1.82, 2.24) is 24.5 Å². The van der Waals surface area contributed by atoms with Gasteiger partial charge in [-0.3, -0.25) is 9.59 Å². The topological polar surface area (TPSA) is 101 Å². The van der Waals surface area contributed by atoms with Crippen molar-refractivity contribution in [2.75, 3.05) is 6.54 Å². The standard InChI is InChI=1S/C16H18F3N5O3/c1-8-11(5-6-12(25)23(7-13(26)27)10-3-4-10)9(2)24-15(20-8)21-14(22-24)16(17,18)19/h10H,3-7H2,1-2H3,(H,26,27). The fraction of sp³-hybridized carbons (Fsp3) is 0.562. The van der Waals surface area contributed by atoms with Crippen LogP contribution in [-0.2, 0) is 22.2 Å². The van der Waals surface area contributed by atoms with Gasteiger partial charge >= 0.3 is 12.1 Å². The molecular formula is C16H18F3N5O3. The minimum absolute atomic E-state index is 0.0407. The summed E-state index contributed by atoms with van der Waals surface area (Å²) < 4.78 is 39.5. The quantitative estimate of drug-likeness (QED) is 0.813. The molecule has 0 aliphatic heterocycles. The lowest BCUT2D eigenvalue weighted by molar-refractivity contribution is -0.145. The van der Waals surface area contributed by atoms with Crippen LogP contribution in [0, 0.1) is 13.8 Å². The maximum atomic E-state index is 12.8. The second-order valence-electron chi connectivity index (χ2n) is 6.55. The molecule has 0 saturated heterocycles. The van der Waals surface area contributed by atoms with Crippen LogP contribution in [0.2, 0.25) is 0 Å². The van der Waals surface area contributed by atoms with E-state index in [1.807, 2.05) is 0 Å². The summed E-state index contributed by atoms with van der Waals surface area (Å²) in [6.45, 7) is 2.87. The minimum atomic E-state index is -4.67. The fourth-order valence-corrected chi connectivity index (χ4v) is 3.02. The summed E-state index contributed by atoms with van der Waals surface area (Å²) in [6, 6.07) is -0.0407. The molecule has 11 heteroatoms. The van der Waals surface area contributed by atoms with Crippen LogP contribution in [-0.4, -0.2) is 54.1 Å². The Balaban J connectivity index is 1.82. The highest BCUT2D eigenvalue weighted by Gasteiger charge is 2.37. The summed E-state index contributed by atoms with van der Waals surface area (Å²) in [6.07, 6.45) is -2.84. The molecule has 1 saturated carbocycles. The Labute approximate surface area is 152 Å². The number of nitrogens with zero attached hydrogens (tertiary/aromatic N) is 5. The number of amides is 1. The average molecular weight is 385 g/mol. The van der Waals surface area contributed by atoms with Crippen LogP contribution in [0.25, 0.3) is 5.78 Å². The smallest absolute Gasteiger partial charge is 0.453 e. The van der Waals surface area contributed by atoms with E-state index < -0.39 is 18.0 Å². The van der Waals surface area contributed by atoms with Crippen molar-refractivity contribution in [3.8, 4) is 0 Å². The van der Waals surface area contributed by atoms with Gasteiger partial charge in [-0.1, -0.05) is 0 Å². The number of aryl methyl sites for hydroxylation is 2.